The second-order valence-corrected chi connectivity index (χ2v) is 3.75. The zero-order valence-electron chi connectivity index (χ0n) is 8.46. The Hall–Kier alpha value is -0.0100. The van der Waals surface area contributed by atoms with Crippen molar-refractivity contribution in [1.29, 1.82) is 0 Å². The molecule has 1 fully saturated rings. The summed E-state index contributed by atoms with van der Waals surface area (Å²) in [7, 11) is -3.13. The predicted octanol–water partition coefficient (Wildman–Crippen LogP) is -1.81. The summed E-state index contributed by atoms with van der Waals surface area (Å²) in [5.74, 6) is 0. The highest BCUT2D eigenvalue weighted by Crippen LogP contribution is 2.14. The van der Waals surface area contributed by atoms with E-state index in [0.717, 1.165) is 0 Å². The minimum Gasteiger partial charge on any atom is -0.394 e. The Kier molecular flexibility index (Phi) is 12.2. The Morgan fingerprint density at radius 3 is 1.20 bits per heavy atom. The largest absolute Gasteiger partial charge is 0.394 e. The molecule has 0 atom stereocenters. The molecule has 94 valence electrons. The van der Waals surface area contributed by atoms with Crippen LogP contribution < -0.4 is 5.73 Å². The fraction of sp³-hybridized carbons (Fsp3) is 1.00. The quantitative estimate of drug-likeness (QED) is 0.321. The van der Waals surface area contributed by atoms with Gasteiger partial charge in [0.05, 0.1) is 25.4 Å². The second kappa shape index (κ2) is 10.5. The minimum absolute atomic E-state index is 0.403. The topological polar surface area (TPSA) is 144 Å². The summed E-state index contributed by atoms with van der Waals surface area (Å²) < 4.78 is 8.74. The summed E-state index contributed by atoms with van der Waals surface area (Å²) in [6.45, 7) is -1.21. The number of hydrogen-bond donors (Lipinski definition) is 6. The van der Waals surface area contributed by atoms with Crippen molar-refractivity contribution in [3.8, 4) is 0 Å². The van der Waals surface area contributed by atoms with Crippen molar-refractivity contribution in [2.75, 3.05) is 19.8 Å². The summed E-state index contributed by atoms with van der Waals surface area (Å²) >= 11 is 0. The molecule has 0 spiro atoms. The van der Waals surface area contributed by atoms with E-state index in [4.69, 9.17) is 35.4 Å². The number of rotatable bonds is 3. The summed E-state index contributed by atoms with van der Waals surface area (Å²) in [5.41, 5.74) is 3.94. The van der Waals surface area contributed by atoms with Crippen LogP contribution in [0.5, 0.6) is 0 Å². The first-order valence-electron chi connectivity index (χ1n) is 4.45. The van der Waals surface area contributed by atoms with Gasteiger partial charge >= 0.3 is 8.25 Å². The maximum Gasteiger partial charge on any atom is 0.314 e. The van der Waals surface area contributed by atoms with Crippen molar-refractivity contribution in [3.05, 3.63) is 0 Å². The van der Waals surface area contributed by atoms with Gasteiger partial charge in [-0.1, -0.05) is 19.3 Å². The third-order valence-electron chi connectivity index (χ3n) is 1.30. The highest BCUT2D eigenvalue weighted by molar-refractivity contribution is 7.30. The maximum atomic E-state index is 8.74. The van der Waals surface area contributed by atoms with Gasteiger partial charge in [-0.05, 0) is 0 Å². The molecule has 0 amide bonds. The number of hydrogen-bond acceptors (Lipinski definition) is 5. The van der Waals surface area contributed by atoms with Crippen LogP contribution in [0.25, 0.3) is 0 Å². The summed E-state index contributed by atoms with van der Waals surface area (Å²) in [5, 5.41) is 25.0. The number of nitrogens with two attached hydrogens (primary N) is 1. The van der Waals surface area contributed by atoms with E-state index in [1.807, 2.05) is 0 Å². The van der Waals surface area contributed by atoms with Crippen LogP contribution in [0.3, 0.4) is 0 Å². The van der Waals surface area contributed by atoms with E-state index in [0.29, 0.717) is 0 Å². The van der Waals surface area contributed by atoms with Gasteiger partial charge in [0.2, 0.25) is 0 Å². The number of aliphatic hydroxyl groups is 3. The Morgan fingerprint density at radius 2 is 1.20 bits per heavy atom. The van der Waals surface area contributed by atoms with Gasteiger partial charge in [-0.15, -0.1) is 0 Å². The molecule has 0 unspecified atom stereocenters. The Morgan fingerprint density at radius 1 is 1.00 bits per heavy atom. The van der Waals surface area contributed by atoms with Gasteiger partial charge in [-0.2, -0.15) is 0 Å². The molecule has 0 radical (unpaired) electrons. The molecule has 1 aliphatic carbocycles. The van der Waals surface area contributed by atoms with Gasteiger partial charge in [0, 0.05) is 0 Å². The average molecular weight is 245 g/mol. The van der Waals surface area contributed by atoms with Gasteiger partial charge in [0.15, 0.2) is 0 Å². The van der Waals surface area contributed by atoms with Crippen molar-refractivity contribution < 1.29 is 29.7 Å². The molecule has 0 heterocycles. The van der Waals surface area contributed by atoms with E-state index in [2.05, 4.69) is 0 Å². The lowest BCUT2D eigenvalue weighted by Gasteiger charge is -2.20. The van der Waals surface area contributed by atoms with Gasteiger partial charge in [-0.3, -0.25) is 4.57 Å². The molecule has 1 aliphatic rings. The van der Waals surface area contributed by atoms with E-state index in [1.165, 1.54) is 19.3 Å². The van der Waals surface area contributed by atoms with Crippen molar-refractivity contribution in [3.63, 3.8) is 0 Å². The van der Waals surface area contributed by atoms with E-state index < -0.39 is 33.6 Å². The fourth-order valence-electron chi connectivity index (χ4n) is 0.150. The SMILES string of the molecule is C1CC1.NC(CO)(CO)CO.O=[PH](O)O. The molecule has 8 heteroatoms. The lowest BCUT2D eigenvalue weighted by molar-refractivity contribution is 0.0697. The van der Waals surface area contributed by atoms with Gasteiger partial charge in [0.1, 0.15) is 0 Å². The lowest BCUT2D eigenvalue weighted by atomic mass is 10.1. The van der Waals surface area contributed by atoms with Gasteiger partial charge < -0.3 is 30.8 Å². The Bertz CT molecular complexity index is 147. The van der Waals surface area contributed by atoms with Crippen LogP contribution in [0.15, 0.2) is 0 Å². The maximum absolute atomic E-state index is 8.74. The first-order valence-corrected chi connectivity index (χ1v) is 5.75. The highest BCUT2D eigenvalue weighted by Gasteiger charge is 2.20. The van der Waals surface area contributed by atoms with Crippen LogP contribution in [0, 0.1) is 0 Å². The van der Waals surface area contributed by atoms with Crippen LogP contribution in [0.2, 0.25) is 0 Å². The normalized spacial score (nSPS) is 13.5. The third-order valence-corrected chi connectivity index (χ3v) is 1.30. The van der Waals surface area contributed by atoms with Crippen LogP contribution in [-0.4, -0.2) is 50.5 Å². The van der Waals surface area contributed by atoms with Crippen LogP contribution in [0.1, 0.15) is 19.3 Å². The molecular weight excluding hydrogens is 225 g/mol. The molecule has 0 aromatic rings. The minimum atomic E-state index is -3.13. The van der Waals surface area contributed by atoms with Crippen LogP contribution >= 0.6 is 8.25 Å². The highest BCUT2D eigenvalue weighted by atomic mass is 31.1. The molecule has 0 aromatic heterocycles. The fourth-order valence-corrected chi connectivity index (χ4v) is 0.150. The van der Waals surface area contributed by atoms with Gasteiger partial charge in [0.25, 0.3) is 0 Å². The van der Waals surface area contributed by atoms with E-state index in [9.17, 15) is 0 Å². The zero-order chi connectivity index (χ0) is 12.3. The monoisotopic (exact) mass is 245 g/mol. The molecule has 1 saturated carbocycles. The second-order valence-electron chi connectivity index (χ2n) is 3.18. The Labute approximate surface area is 89.1 Å². The standard InChI is InChI=1S/C4H11NO3.C3H6.H3O3P/c5-4(1-6,2-7)3-8;1-2-3-1;1-4(2)3/h6-8H,1-3,5H2;1-3H2;4H,(H2,1,2,3). The smallest absolute Gasteiger partial charge is 0.314 e. The van der Waals surface area contributed by atoms with E-state index >= 15 is 0 Å². The molecule has 1 rings (SSSR count). The summed E-state index contributed by atoms with van der Waals surface area (Å²) in [4.78, 5) is 14.3. The van der Waals surface area contributed by atoms with E-state index in [1.54, 1.807) is 0 Å². The molecule has 0 bridgehead atoms. The van der Waals surface area contributed by atoms with Crippen LogP contribution in [-0.2, 0) is 4.57 Å². The molecule has 7 N–H and O–H groups in total. The summed E-state index contributed by atoms with van der Waals surface area (Å²) in [6.07, 6.45) is 4.50. The molecule has 0 saturated heterocycles. The molecule has 7 nitrogen and oxygen atoms in total. The van der Waals surface area contributed by atoms with Crippen molar-refractivity contribution in [1.82, 2.24) is 0 Å². The van der Waals surface area contributed by atoms with Crippen molar-refractivity contribution in [2.45, 2.75) is 24.8 Å². The molecule has 15 heavy (non-hydrogen) atoms. The van der Waals surface area contributed by atoms with Crippen LogP contribution in [0.4, 0.5) is 0 Å². The summed E-state index contributed by atoms with van der Waals surface area (Å²) in [6, 6.07) is 0. The first-order chi connectivity index (χ1) is 6.91. The molecule has 0 aromatic carbocycles. The first kappa shape index (κ1) is 17.4. The van der Waals surface area contributed by atoms with E-state index in [-0.39, 0.29) is 0 Å². The predicted molar refractivity (Wildman–Crippen MR) is 55.5 cm³/mol. The van der Waals surface area contributed by atoms with Crippen molar-refractivity contribution in [2.24, 2.45) is 5.73 Å². The lowest BCUT2D eigenvalue weighted by Crippen LogP contribution is -2.50. The molecule has 0 aliphatic heterocycles. The van der Waals surface area contributed by atoms with Crippen molar-refractivity contribution >= 4 is 8.25 Å². The molecular formula is C7H20NO6P. The third kappa shape index (κ3) is 20.2. The van der Waals surface area contributed by atoms with Gasteiger partial charge in [-0.25, -0.2) is 0 Å². The number of aliphatic hydroxyl groups excluding tert-OH is 3. The average Bonchev–Trinajstić information content (AvgIpc) is 3.03. The zero-order valence-corrected chi connectivity index (χ0v) is 9.46. The Balaban J connectivity index is 0.